The first-order chi connectivity index (χ1) is 12.5. The predicted molar refractivity (Wildman–Crippen MR) is 99.3 cm³/mol. The maximum Gasteiger partial charge on any atom is 0.269 e. The third-order valence-corrected chi connectivity index (χ3v) is 5.41. The summed E-state index contributed by atoms with van der Waals surface area (Å²) in [6.45, 7) is 1.95. The molecule has 3 rings (SSSR count). The van der Waals surface area contributed by atoms with Crippen molar-refractivity contribution in [3.63, 3.8) is 0 Å². The van der Waals surface area contributed by atoms with Gasteiger partial charge in [-0.15, -0.1) is 10.2 Å². The van der Waals surface area contributed by atoms with Crippen LogP contribution in [0.3, 0.4) is 0 Å². The number of thioether (sulfide) groups is 1. The van der Waals surface area contributed by atoms with E-state index in [-0.39, 0.29) is 17.3 Å². The molecule has 0 aliphatic heterocycles. The first-order valence-electron chi connectivity index (χ1n) is 8.63. The van der Waals surface area contributed by atoms with Crippen LogP contribution >= 0.6 is 11.8 Å². The summed E-state index contributed by atoms with van der Waals surface area (Å²) in [6.07, 6.45) is 5.96. The molecule has 1 aliphatic rings. The summed E-state index contributed by atoms with van der Waals surface area (Å²) in [4.78, 5) is 22.4. The second-order valence-electron chi connectivity index (χ2n) is 6.33. The Labute approximate surface area is 155 Å². The van der Waals surface area contributed by atoms with Crippen molar-refractivity contribution in [1.82, 2.24) is 14.8 Å². The van der Waals surface area contributed by atoms with Crippen LogP contribution < -0.4 is 5.32 Å². The molecule has 0 radical (unpaired) electrons. The molecule has 9 heteroatoms. The van der Waals surface area contributed by atoms with Crippen molar-refractivity contribution in [2.24, 2.45) is 0 Å². The summed E-state index contributed by atoms with van der Waals surface area (Å²) < 4.78 is 2.16. The summed E-state index contributed by atoms with van der Waals surface area (Å²) >= 11 is 1.37. The Morgan fingerprint density at radius 3 is 2.62 bits per heavy atom. The zero-order valence-electron chi connectivity index (χ0n) is 14.6. The fourth-order valence-electron chi connectivity index (χ4n) is 3.20. The van der Waals surface area contributed by atoms with Crippen LogP contribution in [0.25, 0.3) is 0 Å². The van der Waals surface area contributed by atoms with Crippen LogP contribution in [0, 0.1) is 17.0 Å². The van der Waals surface area contributed by atoms with Crippen LogP contribution in [-0.2, 0) is 4.79 Å². The van der Waals surface area contributed by atoms with Crippen molar-refractivity contribution in [2.45, 2.75) is 50.2 Å². The molecule has 1 aliphatic carbocycles. The smallest absolute Gasteiger partial charge is 0.269 e. The molecule has 2 aromatic rings. The Hall–Kier alpha value is -2.42. The number of hydrogen-bond acceptors (Lipinski definition) is 6. The number of non-ortho nitro benzene ring substituents is 1. The lowest BCUT2D eigenvalue weighted by Crippen LogP contribution is -2.17. The highest BCUT2D eigenvalue weighted by Gasteiger charge is 2.21. The fraction of sp³-hybridized carbons (Fsp3) is 0.471. The standard InChI is InChI=1S/C17H21N5O3S/c1-12-19-20-17(21(12)14-5-3-2-4-6-14)26-11-16(23)18-13-7-9-15(10-8-13)22(24)25/h7-10,14H,2-6,11H2,1H3,(H,18,23). The minimum absolute atomic E-state index is 0.00608. The van der Waals surface area contributed by atoms with E-state index >= 15 is 0 Å². The van der Waals surface area contributed by atoms with Gasteiger partial charge in [0.1, 0.15) is 5.82 Å². The molecule has 1 amide bonds. The first kappa shape index (κ1) is 18.4. The molecule has 0 saturated heterocycles. The van der Waals surface area contributed by atoms with Gasteiger partial charge in [0, 0.05) is 23.9 Å². The van der Waals surface area contributed by atoms with Gasteiger partial charge >= 0.3 is 0 Å². The van der Waals surface area contributed by atoms with Crippen molar-refractivity contribution >= 4 is 29.0 Å². The normalized spacial score (nSPS) is 15.0. The number of amides is 1. The van der Waals surface area contributed by atoms with Gasteiger partial charge in [-0.3, -0.25) is 14.9 Å². The van der Waals surface area contributed by atoms with Crippen LogP contribution in [0.5, 0.6) is 0 Å². The van der Waals surface area contributed by atoms with Gasteiger partial charge in [0.05, 0.1) is 10.7 Å². The maximum atomic E-state index is 12.2. The summed E-state index contributed by atoms with van der Waals surface area (Å²) in [7, 11) is 0. The molecule has 1 heterocycles. The lowest BCUT2D eigenvalue weighted by atomic mass is 9.95. The number of anilines is 1. The van der Waals surface area contributed by atoms with Crippen molar-refractivity contribution in [3.05, 3.63) is 40.2 Å². The second-order valence-corrected chi connectivity index (χ2v) is 7.27. The molecule has 1 fully saturated rings. The molecule has 26 heavy (non-hydrogen) atoms. The van der Waals surface area contributed by atoms with Gasteiger partial charge in [0.15, 0.2) is 5.16 Å². The first-order valence-corrected chi connectivity index (χ1v) is 9.62. The fourth-order valence-corrected chi connectivity index (χ4v) is 4.05. The van der Waals surface area contributed by atoms with Crippen LogP contribution in [0.2, 0.25) is 0 Å². The molecule has 0 bridgehead atoms. The van der Waals surface area contributed by atoms with E-state index in [0.29, 0.717) is 11.7 Å². The van der Waals surface area contributed by atoms with Gasteiger partial charge in [0.25, 0.3) is 5.69 Å². The zero-order chi connectivity index (χ0) is 18.5. The van der Waals surface area contributed by atoms with Crippen LogP contribution in [0.1, 0.15) is 44.0 Å². The van der Waals surface area contributed by atoms with Crippen molar-refractivity contribution in [2.75, 3.05) is 11.1 Å². The quantitative estimate of drug-likeness (QED) is 0.469. The molecular weight excluding hydrogens is 354 g/mol. The number of aromatic nitrogens is 3. The Morgan fingerprint density at radius 1 is 1.27 bits per heavy atom. The summed E-state index contributed by atoms with van der Waals surface area (Å²) in [5.41, 5.74) is 0.527. The molecule has 0 unspecified atom stereocenters. The lowest BCUT2D eigenvalue weighted by Gasteiger charge is -2.24. The SMILES string of the molecule is Cc1nnc(SCC(=O)Nc2ccc([N+](=O)[O-])cc2)n1C1CCCCC1. The third kappa shape index (κ3) is 4.40. The summed E-state index contributed by atoms with van der Waals surface area (Å²) in [6, 6.07) is 6.20. The van der Waals surface area contributed by atoms with E-state index in [4.69, 9.17) is 0 Å². The average Bonchev–Trinajstić information content (AvgIpc) is 3.02. The topological polar surface area (TPSA) is 103 Å². The molecule has 0 atom stereocenters. The minimum atomic E-state index is -0.470. The number of aryl methyl sites for hydroxylation is 1. The van der Waals surface area contributed by atoms with Crippen LogP contribution in [0.15, 0.2) is 29.4 Å². The third-order valence-electron chi connectivity index (χ3n) is 4.47. The lowest BCUT2D eigenvalue weighted by molar-refractivity contribution is -0.384. The van der Waals surface area contributed by atoms with E-state index in [9.17, 15) is 14.9 Å². The monoisotopic (exact) mass is 375 g/mol. The Balaban J connectivity index is 1.58. The van der Waals surface area contributed by atoms with E-state index < -0.39 is 4.92 Å². The van der Waals surface area contributed by atoms with Gasteiger partial charge in [-0.05, 0) is 31.9 Å². The number of nitro groups is 1. The highest BCUT2D eigenvalue weighted by molar-refractivity contribution is 7.99. The number of carbonyl (C=O) groups excluding carboxylic acids is 1. The zero-order valence-corrected chi connectivity index (χ0v) is 15.4. The maximum absolute atomic E-state index is 12.2. The van der Waals surface area contributed by atoms with E-state index in [0.717, 1.165) is 23.8 Å². The molecule has 1 N–H and O–H groups in total. The van der Waals surface area contributed by atoms with Crippen molar-refractivity contribution in [1.29, 1.82) is 0 Å². The number of hydrogen-bond donors (Lipinski definition) is 1. The Morgan fingerprint density at radius 2 is 1.96 bits per heavy atom. The highest BCUT2D eigenvalue weighted by Crippen LogP contribution is 2.32. The van der Waals surface area contributed by atoms with Crippen LogP contribution in [-0.4, -0.2) is 31.3 Å². The number of nitrogens with zero attached hydrogens (tertiary/aromatic N) is 4. The average molecular weight is 375 g/mol. The van der Waals surface area contributed by atoms with Gasteiger partial charge < -0.3 is 9.88 Å². The van der Waals surface area contributed by atoms with Crippen molar-refractivity contribution < 1.29 is 9.72 Å². The molecule has 138 valence electrons. The molecular formula is C17H21N5O3S. The van der Waals surface area contributed by atoms with E-state index in [1.165, 1.54) is 55.3 Å². The molecule has 1 saturated carbocycles. The Bertz CT molecular complexity index is 784. The number of carbonyl (C=O) groups is 1. The van der Waals surface area contributed by atoms with Gasteiger partial charge in [0.2, 0.25) is 5.91 Å². The largest absolute Gasteiger partial charge is 0.325 e. The molecule has 8 nitrogen and oxygen atoms in total. The predicted octanol–water partition coefficient (Wildman–Crippen LogP) is 3.73. The van der Waals surface area contributed by atoms with E-state index in [1.807, 2.05) is 6.92 Å². The number of nitrogens with one attached hydrogen (secondary N) is 1. The Kier molecular flexibility index (Phi) is 5.87. The number of benzene rings is 1. The van der Waals surface area contributed by atoms with Crippen molar-refractivity contribution in [3.8, 4) is 0 Å². The second kappa shape index (κ2) is 8.31. The van der Waals surface area contributed by atoms with E-state index in [1.54, 1.807) is 0 Å². The molecule has 0 spiro atoms. The summed E-state index contributed by atoms with van der Waals surface area (Å²) in [5, 5.41) is 22.6. The van der Waals surface area contributed by atoms with Gasteiger partial charge in [-0.2, -0.15) is 0 Å². The number of rotatable bonds is 6. The highest BCUT2D eigenvalue weighted by atomic mass is 32.2. The van der Waals surface area contributed by atoms with E-state index in [2.05, 4.69) is 20.1 Å². The minimum Gasteiger partial charge on any atom is -0.325 e. The molecule has 1 aromatic heterocycles. The summed E-state index contributed by atoms with van der Waals surface area (Å²) in [5.74, 6) is 0.914. The molecule has 1 aromatic carbocycles. The van der Waals surface area contributed by atoms with Gasteiger partial charge in [-0.1, -0.05) is 31.0 Å². The number of nitro benzene ring substituents is 1. The van der Waals surface area contributed by atoms with Gasteiger partial charge in [-0.25, -0.2) is 0 Å². The van der Waals surface area contributed by atoms with Crippen LogP contribution in [0.4, 0.5) is 11.4 Å².